The van der Waals surface area contributed by atoms with E-state index >= 15 is 0 Å². The number of carbonyl (C=O) groups is 1. The number of nitrogens with zero attached hydrogens (tertiary/aromatic N) is 3. The van der Waals surface area contributed by atoms with Gasteiger partial charge in [0.15, 0.2) is 0 Å². The molecule has 180 valence electrons. The summed E-state index contributed by atoms with van der Waals surface area (Å²) in [5.74, 6) is 0.320. The molecule has 0 saturated carbocycles. The van der Waals surface area contributed by atoms with Crippen LogP contribution in [0.25, 0.3) is 0 Å². The normalized spacial score (nSPS) is 17.4. The molecule has 2 N–H and O–H groups in total. The first-order chi connectivity index (χ1) is 16.2. The summed E-state index contributed by atoms with van der Waals surface area (Å²) < 4.78 is 28.2. The highest BCUT2D eigenvalue weighted by atomic mass is 32.2. The second-order valence-electron chi connectivity index (χ2n) is 8.77. The molecule has 8 nitrogen and oxygen atoms in total. The summed E-state index contributed by atoms with van der Waals surface area (Å²) in [4.78, 5) is 14.9. The van der Waals surface area contributed by atoms with E-state index < -0.39 is 16.1 Å². The van der Waals surface area contributed by atoms with Gasteiger partial charge in [0.1, 0.15) is 0 Å². The maximum atomic E-state index is 12.9. The highest BCUT2D eigenvalue weighted by Crippen LogP contribution is 2.26. The van der Waals surface area contributed by atoms with Gasteiger partial charge in [-0.15, -0.1) is 10.2 Å². The average Bonchev–Trinajstić information content (AvgIpc) is 3.29. The van der Waals surface area contributed by atoms with Gasteiger partial charge < -0.3 is 4.90 Å². The molecule has 0 radical (unpaired) electrons. The fraction of sp³-hybridized carbons (Fsp3) is 0.375. The number of sulfonamides is 1. The van der Waals surface area contributed by atoms with Gasteiger partial charge in [-0.1, -0.05) is 48.6 Å². The SMILES string of the molecule is Cc1ccccc1C(=O)Nc1nnc(S(=O)(=O)NC(C)c2ccc(N3CCCC(C)C3)cc2)s1. The first-order valence-electron chi connectivity index (χ1n) is 11.3. The summed E-state index contributed by atoms with van der Waals surface area (Å²) in [7, 11) is -3.90. The van der Waals surface area contributed by atoms with Crippen LogP contribution < -0.4 is 14.9 Å². The van der Waals surface area contributed by atoms with Crippen molar-refractivity contribution in [2.45, 2.75) is 44.0 Å². The molecule has 4 rings (SSSR count). The van der Waals surface area contributed by atoms with Crippen LogP contribution in [0.1, 0.15) is 54.2 Å². The molecule has 1 aromatic heterocycles. The molecule has 1 aliphatic heterocycles. The van der Waals surface area contributed by atoms with E-state index in [9.17, 15) is 13.2 Å². The molecule has 1 saturated heterocycles. The van der Waals surface area contributed by atoms with Crippen molar-refractivity contribution in [1.82, 2.24) is 14.9 Å². The van der Waals surface area contributed by atoms with E-state index in [0.29, 0.717) is 11.5 Å². The number of anilines is 2. The second kappa shape index (κ2) is 10.2. The summed E-state index contributed by atoms with van der Waals surface area (Å²) in [6, 6.07) is 14.7. The van der Waals surface area contributed by atoms with E-state index in [1.54, 1.807) is 19.1 Å². The lowest BCUT2D eigenvalue weighted by molar-refractivity contribution is 0.102. The molecule has 10 heteroatoms. The van der Waals surface area contributed by atoms with Crippen LogP contribution in [0.2, 0.25) is 0 Å². The monoisotopic (exact) mass is 499 g/mol. The van der Waals surface area contributed by atoms with Gasteiger partial charge in [0, 0.05) is 30.4 Å². The first-order valence-corrected chi connectivity index (χ1v) is 13.6. The lowest BCUT2D eigenvalue weighted by Gasteiger charge is -2.33. The van der Waals surface area contributed by atoms with Gasteiger partial charge in [0.05, 0.1) is 0 Å². The molecule has 1 fully saturated rings. The number of piperidine rings is 1. The van der Waals surface area contributed by atoms with Crippen LogP contribution >= 0.6 is 11.3 Å². The van der Waals surface area contributed by atoms with Gasteiger partial charge in [-0.05, 0) is 61.9 Å². The van der Waals surface area contributed by atoms with Gasteiger partial charge >= 0.3 is 0 Å². The Morgan fingerprint density at radius 2 is 1.88 bits per heavy atom. The van der Waals surface area contributed by atoms with Crippen molar-refractivity contribution in [3.8, 4) is 0 Å². The van der Waals surface area contributed by atoms with Crippen LogP contribution in [-0.4, -0.2) is 37.6 Å². The van der Waals surface area contributed by atoms with E-state index in [1.807, 2.05) is 43.3 Å². The fourth-order valence-electron chi connectivity index (χ4n) is 4.11. The van der Waals surface area contributed by atoms with Gasteiger partial charge in [-0.2, -0.15) is 0 Å². The highest BCUT2D eigenvalue weighted by molar-refractivity contribution is 7.91. The van der Waals surface area contributed by atoms with Gasteiger partial charge in [-0.3, -0.25) is 10.1 Å². The second-order valence-corrected chi connectivity index (χ2v) is 11.6. The van der Waals surface area contributed by atoms with E-state index in [4.69, 9.17) is 0 Å². The molecule has 0 spiro atoms. The van der Waals surface area contributed by atoms with Crippen LogP contribution in [0, 0.1) is 12.8 Å². The molecule has 3 aromatic rings. The van der Waals surface area contributed by atoms with Crippen molar-refractivity contribution in [1.29, 1.82) is 0 Å². The van der Waals surface area contributed by atoms with E-state index in [-0.39, 0.29) is 15.4 Å². The van der Waals surface area contributed by atoms with Crippen molar-refractivity contribution < 1.29 is 13.2 Å². The van der Waals surface area contributed by atoms with Crippen molar-refractivity contribution in [2.75, 3.05) is 23.3 Å². The zero-order chi connectivity index (χ0) is 24.3. The molecule has 2 heterocycles. The summed E-state index contributed by atoms with van der Waals surface area (Å²) in [6.45, 7) is 7.98. The number of hydrogen-bond acceptors (Lipinski definition) is 7. The highest BCUT2D eigenvalue weighted by Gasteiger charge is 2.24. The van der Waals surface area contributed by atoms with Crippen molar-refractivity contribution in [3.05, 3.63) is 65.2 Å². The van der Waals surface area contributed by atoms with Crippen molar-refractivity contribution in [3.63, 3.8) is 0 Å². The summed E-state index contributed by atoms with van der Waals surface area (Å²) in [5, 5.41) is 10.4. The zero-order valence-corrected chi connectivity index (χ0v) is 21.1. The van der Waals surface area contributed by atoms with Crippen molar-refractivity contribution >= 4 is 38.1 Å². The minimum absolute atomic E-state index is 0.126. The third kappa shape index (κ3) is 5.63. The number of aromatic nitrogens is 2. The van der Waals surface area contributed by atoms with Crippen LogP contribution in [-0.2, 0) is 10.0 Å². The molecule has 2 atom stereocenters. The summed E-state index contributed by atoms with van der Waals surface area (Å²) in [6.07, 6.45) is 2.45. The average molecular weight is 500 g/mol. The van der Waals surface area contributed by atoms with Crippen LogP contribution in [0.4, 0.5) is 10.8 Å². The van der Waals surface area contributed by atoms with E-state index in [2.05, 4.69) is 32.1 Å². The Morgan fingerprint density at radius 1 is 1.15 bits per heavy atom. The van der Waals surface area contributed by atoms with Gasteiger partial charge in [-0.25, -0.2) is 13.1 Å². The molecule has 1 amide bonds. The van der Waals surface area contributed by atoms with Crippen LogP contribution in [0.15, 0.2) is 52.9 Å². The third-order valence-electron chi connectivity index (χ3n) is 5.99. The number of hydrogen-bond donors (Lipinski definition) is 2. The van der Waals surface area contributed by atoms with Gasteiger partial charge in [0.25, 0.3) is 15.9 Å². The Labute approximate surface area is 204 Å². The molecule has 0 aliphatic carbocycles. The van der Waals surface area contributed by atoms with Crippen LogP contribution in [0.5, 0.6) is 0 Å². The lowest BCUT2D eigenvalue weighted by atomic mass is 9.99. The maximum Gasteiger partial charge on any atom is 0.270 e. The lowest BCUT2D eigenvalue weighted by Crippen LogP contribution is -2.34. The Morgan fingerprint density at radius 3 is 2.59 bits per heavy atom. The smallest absolute Gasteiger partial charge is 0.270 e. The molecular weight excluding hydrogens is 470 g/mol. The predicted molar refractivity (Wildman–Crippen MR) is 135 cm³/mol. The number of rotatable bonds is 7. The van der Waals surface area contributed by atoms with Crippen molar-refractivity contribution in [2.24, 2.45) is 5.92 Å². The Hall–Kier alpha value is -2.82. The van der Waals surface area contributed by atoms with Gasteiger partial charge in [0.2, 0.25) is 9.47 Å². The number of aryl methyl sites for hydroxylation is 1. The predicted octanol–water partition coefficient (Wildman–Crippen LogP) is 4.37. The largest absolute Gasteiger partial charge is 0.371 e. The Kier molecular flexibility index (Phi) is 7.30. The maximum absolute atomic E-state index is 12.9. The molecule has 0 bridgehead atoms. The number of amides is 1. The Balaban J connectivity index is 1.40. The first kappa shape index (κ1) is 24.3. The molecule has 2 aromatic carbocycles. The standard InChI is InChI=1S/C24H29N5O3S2/c1-16-7-6-14-29(15-16)20-12-10-19(11-13-20)18(3)28-34(31,32)24-27-26-23(33-24)25-22(30)21-9-5-4-8-17(21)2/h4-5,8-13,16,18,28H,6-7,14-15H2,1-3H3,(H,25,26,30). The minimum atomic E-state index is -3.90. The fourth-order valence-corrected chi connectivity index (χ4v) is 6.25. The van der Waals surface area contributed by atoms with E-state index in [1.165, 1.54) is 12.8 Å². The number of nitrogens with one attached hydrogen (secondary N) is 2. The zero-order valence-electron chi connectivity index (χ0n) is 19.5. The number of benzene rings is 2. The summed E-state index contributed by atoms with van der Waals surface area (Å²) >= 11 is 0.816. The molecule has 2 unspecified atom stereocenters. The molecule has 1 aliphatic rings. The quantitative estimate of drug-likeness (QED) is 0.468. The number of carbonyl (C=O) groups excluding carboxylic acids is 1. The summed E-state index contributed by atoms with van der Waals surface area (Å²) in [5.41, 5.74) is 3.32. The van der Waals surface area contributed by atoms with E-state index in [0.717, 1.165) is 41.2 Å². The minimum Gasteiger partial charge on any atom is -0.371 e. The molecule has 34 heavy (non-hydrogen) atoms. The Bertz CT molecular complexity index is 1260. The van der Waals surface area contributed by atoms with Crippen LogP contribution in [0.3, 0.4) is 0 Å². The third-order valence-corrected chi connectivity index (χ3v) is 8.74. The topological polar surface area (TPSA) is 104 Å². The molecular formula is C24H29N5O3S2.